The molecule has 1 aliphatic rings. The summed E-state index contributed by atoms with van der Waals surface area (Å²) in [4.78, 5) is 16.1. The highest BCUT2D eigenvalue weighted by Crippen LogP contribution is 2.31. The summed E-state index contributed by atoms with van der Waals surface area (Å²) in [5, 5.41) is 2.52. The lowest BCUT2D eigenvalue weighted by molar-refractivity contribution is 0.0731. The van der Waals surface area contributed by atoms with Crippen molar-refractivity contribution in [3.63, 3.8) is 0 Å². The van der Waals surface area contributed by atoms with Gasteiger partial charge in [0.2, 0.25) is 0 Å². The number of anilines is 1. The van der Waals surface area contributed by atoms with Crippen LogP contribution < -0.4 is 4.72 Å². The molecular formula is C21H19ClN2O3S2. The molecule has 29 heavy (non-hydrogen) atoms. The van der Waals surface area contributed by atoms with Crippen LogP contribution in [0.1, 0.15) is 28.1 Å². The zero-order chi connectivity index (χ0) is 20.4. The predicted molar refractivity (Wildman–Crippen MR) is 116 cm³/mol. The second-order valence-corrected chi connectivity index (χ2v) is 10.0. The second kappa shape index (κ2) is 8.18. The standard InChI is InChI=1S/C21H19ClN2O3S2/c22-16-5-7-17(8-6-16)23-29(26,27)20-11-3-15(4-12-20)21(25)24(18-9-10-18)14-19-2-1-13-28-19/h1-8,11-13,18,23H,9-10,14H2. The second-order valence-electron chi connectivity index (χ2n) is 6.88. The Morgan fingerprint density at radius 3 is 2.34 bits per heavy atom. The Hall–Kier alpha value is -2.35. The Labute approximate surface area is 179 Å². The molecule has 4 rings (SSSR count). The molecule has 3 aromatic rings. The number of carbonyl (C=O) groups is 1. The average Bonchev–Trinajstić information content (AvgIpc) is 3.43. The molecule has 2 aromatic carbocycles. The highest BCUT2D eigenvalue weighted by atomic mass is 35.5. The van der Waals surface area contributed by atoms with E-state index in [4.69, 9.17) is 11.6 Å². The van der Waals surface area contributed by atoms with Gasteiger partial charge < -0.3 is 4.90 Å². The lowest BCUT2D eigenvalue weighted by atomic mass is 10.2. The van der Waals surface area contributed by atoms with Gasteiger partial charge in [0.1, 0.15) is 0 Å². The van der Waals surface area contributed by atoms with Crippen LogP contribution in [0.3, 0.4) is 0 Å². The van der Waals surface area contributed by atoms with Gasteiger partial charge in [-0.1, -0.05) is 17.7 Å². The molecule has 1 aromatic heterocycles. The SMILES string of the molecule is O=C(c1ccc(S(=O)(=O)Nc2ccc(Cl)cc2)cc1)N(Cc1cccs1)C1CC1. The smallest absolute Gasteiger partial charge is 0.261 e. The Morgan fingerprint density at radius 1 is 1.07 bits per heavy atom. The number of sulfonamides is 1. The van der Waals surface area contributed by atoms with E-state index in [0.29, 0.717) is 22.8 Å². The summed E-state index contributed by atoms with van der Waals surface area (Å²) in [6.45, 7) is 0.583. The Bertz CT molecular complexity index is 1090. The lowest BCUT2D eigenvalue weighted by Gasteiger charge is -2.22. The number of rotatable bonds is 7. The minimum Gasteiger partial charge on any atom is -0.331 e. The maximum Gasteiger partial charge on any atom is 0.261 e. The quantitative estimate of drug-likeness (QED) is 0.554. The van der Waals surface area contributed by atoms with Crippen LogP contribution >= 0.6 is 22.9 Å². The number of nitrogens with zero attached hydrogens (tertiary/aromatic N) is 1. The Balaban J connectivity index is 1.50. The number of halogens is 1. The highest BCUT2D eigenvalue weighted by molar-refractivity contribution is 7.92. The van der Waals surface area contributed by atoms with Crippen LogP contribution in [0.5, 0.6) is 0 Å². The van der Waals surface area contributed by atoms with Gasteiger partial charge in [0.25, 0.3) is 15.9 Å². The monoisotopic (exact) mass is 446 g/mol. The van der Waals surface area contributed by atoms with Crippen LogP contribution in [0.4, 0.5) is 5.69 Å². The van der Waals surface area contributed by atoms with E-state index in [1.165, 1.54) is 12.1 Å². The van der Waals surface area contributed by atoms with E-state index in [9.17, 15) is 13.2 Å². The molecule has 150 valence electrons. The summed E-state index contributed by atoms with van der Waals surface area (Å²) < 4.78 is 27.7. The van der Waals surface area contributed by atoms with Gasteiger partial charge in [0.05, 0.1) is 11.4 Å². The van der Waals surface area contributed by atoms with Gasteiger partial charge in [-0.05, 0) is 72.8 Å². The van der Waals surface area contributed by atoms with Gasteiger partial charge in [0.15, 0.2) is 0 Å². The van der Waals surface area contributed by atoms with Gasteiger partial charge in [-0.25, -0.2) is 8.42 Å². The predicted octanol–water partition coefficient (Wildman–Crippen LogP) is 5.01. The van der Waals surface area contributed by atoms with E-state index >= 15 is 0 Å². The van der Waals surface area contributed by atoms with Gasteiger partial charge in [-0.3, -0.25) is 9.52 Å². The molecule has 5 nitrogen and oxygen atoms in total. The van der Waals surface area contributed by atoms with Crippen molar-refractivity contribution < 1.29 is 13.2 Å². The van der Waals surface area contributed by atoms with Gasteiger partial charge in [0, 0.05) is 27.2 Å². The summed E-state index contributed by atoms with van der Waals surface area (Å²) in [7, 11) is -3.75. The molecule has 1 fully saturated rings. The van der Waals surface area contributed by atoms with E-state index in [1.54, 1.807) is 47.7 Å². The van der Waals surface area contributed by atoms with Crippen LogP contribution in [-0.4, -0.2) is 25.3 Å². The molecule has 1 N–H and O–H groups in total. The minimum atomic E-state index is -3.75. The molecule has 1 amide bonds. The molecule has 0 aliphatic heterocycles. The number of thiophene rings is 1. The molecule has 1 aliphatic carbocycles. The van der Waals surface area contributed by atoms with E-state index in [2.05, 4.69) is 4.72 Å². The van der Waals surface area contributed by atoms with Crippen molar-refractivity contribution in [2.45, 2.75) is 30.3 Å². The zero-order valence-corrected chi connectivity index (χ0v) is 17.8. The summed E-state index contributed by atoms with van der Waals surface area (Å²) in [6, 6.07) is 16.7. The third-order valence-electron chi connectivity index (χ3n) is 4.66. The fourth-order valence-electron chi connectivity index (χ4n) is 3.00. The summed E-state index contributed by atoms with van der Waals surface area (Å²) in [6.07, 6.45) is 2.02. The van der Waals surface area contributed by atoms with Crippen molar-refractivity contribution >= 4 is 44.6 Å². The number of carbonyl (C=O) groups excluding carboxylic acids is 1. The molecule has 1 saturated carbocycles. The molecule has 1 heterocycles. The molecule has 0 radical (unpaired) electrons. The Kier molecular flexibility index (Phi) is 5.63. The minimum absolute atomic E-state index is 0.0736. The van der Waals surface area contributed by atoms with E-state index in [0.717, 1.165) is 17.7 Å². The van der Waals surface area contributed by atoms with Crippen molar-refractivity contribution in [2.24, 2.45) is 0 Å². The third kappa shape index (κ3) is 4.80. The summed E-state index contributed by atoms with van der Waals surface area (Å²) in [5.41, 5.74) is 0.907. The van der Waals surface area contributed by atoms with E-state index in [-0.39, 0.29) is 16.8 Å². The molecule has 0 saturated heterocycles. The molecule has 0 bridgehead atoms. The maximum absolute atomic E-state index is 13.0. The first-order valence-electron chi connectivity index (χ1n) is 9.14. The topological polar surface area (TPSA) is 66.5 Å². The zero-order valence-electron chi connectivity index (χ0n) is 15.4. The number of nitrogens with one attached hydrogen (secondary N) is 1. The lowest BCUT2D eigenvalue weighted by Crippen LogP contribution is -2.32. The molecule has 8 heteroatoms. The van der Waals surface area contributed by atoms with Gasteiger partial charge in [-0.15, -0.1) is 11.3 Å². The van der Waals surface area contributed by atoms with Gasteiger partial charge in [-0.2, -0.15) is 0 Å². The van der Waals surface area contributed by atoms with Crippen LogP contribution in [-0.2, 0) is 16.6 Å². The largest absolute Gasteiger partial charge is 0.331 e. The van der Waals surface area contributed by atoms with Crippen LogP contribution in [0.25, 0.3) is 0 Å². The fraction of sp³-hybridized carbons (Fsp3) is 0.190. The first kappa shape index (κ1) is 19.9. The van der Waals surface area contributed by atoms with Gasteiger partial charge >= 0.3 is 0 Å². The number of hydrogen-bond acceptors (Lipinski definition) is 4. The van der Waals surface area contributed by atoms with Crippen molar-refractivity contribution in [3.05, 3.63) is 81.5 Å². The summed E-state index contributed by atoms with van der Waals surface area (Å²) in [5.74, 6) is -0.0736. The Morgan fingerprint density at radius 2 is 1.76 bits per heavy atom. The average molecular weight is 447 g/mol. The number of hydrogen-bond donors (Lipinski definition) is 1. The first-order valence-corrected chi connectivity index (χ1v) is 11.9. The van der Waals surface area contributed by atoms with E-state index in [1.807, 2.05) is 22.4 Å². The van der Waals surface area contributed by atoms with Crippen LogP contribution in [0.15, 0.2) is 70.9 Å². The molecular weight excluding hydrogens is 428 g/mol. The normalized spacial score (nSPS) is 13.8. The first-order chi connectivity index (χ1) is 13.9. The third-order valence-corrected chi connectivity index (χ3v) is 7.17. The van der Waals surface area contributed by atoms with Crippen molar-refractivity contribution in [2.75, 3.05) is 4.72 Å². The van der Waals surface area contributed by atoms with Crippen LogP contribution in [0.2, 0.25) is 5.02 Å². The molecule has 0 spiro atoms. The van der Waals surface area contributed by atoms with Crippen LogP contribution in [0, 0.1) is 0 Å². The fourth-order valence-corrected chi connectivity index (χ4v) is 4.89. The molecule has 0 unspecified atom stereocenters. The van der Waals surface area contributed by atoms with Crippen molar-refractivity contribution in [3.8, 4) is 0 Å². The van der Waals surface area contributed by atoms with Crippen molar-refractivity contribution in [1.82, 2.24) is 4.90 Å². The molecule has 0 atom stereocenters. The number of benzene rings is 2. The maximum atomic E-state index is 13.0. The highest BCUT2D eigenvalue weighted by Gasteiger charge is 2.33. The van der Waals surface area contributed by atoms with Crippen molar-refractivity contribution in [1.29, 1.82) is 0 Å². The van der Waals surface area contributed by atoms with E-state index < -0.39 is 10.0 Å². The number of amides is 1. The summed E-state index contributed by atoms with van der Waals surface area (Å²) >= 11 is 7.46.